The quantitative estimate of drug-likeness (QED) is 0.792. The maximum Gasteiger partial charge on any atom is 0.224 e. The summed E-state index contributed by atoms with van der Waals surface area (Å²) in [5.41, 5.74) is 4.19. The molecule has 0 aliphatic carbocycles. The van der Waals surface area contributed by atoms with Crippen LogP contribution in [0.5, 0.6) is 0 Å². The minimum absolute atomic E-state index is 0.00774. The summed E-state index contributed by atoms with van der Waals surface area (Å²) >= 11 is 0. The molecule has 1 amide bonds. The SMILES string of the molecule is Cc1ccccc1C(C)NC(=O)Cc1cccc2cccnc12. The van der Waals surface area contributed by atoms with E-state index in [0.717, 1.165) is 22.0 Å². The molecule has 3 rings (SSSR count). The first-order valence-electron chi connectivity index (χ1n) is 7.82. The number of benzene rings is 2. The summed E-state index contributed by atoms with van der Waals surface area (Å²) in [4.78, 5) is 16.8. The maximum atomic E-state index is 12.4. The molecule has 1 unspecified atom stereocenters. The van der Waals surface area contributed by atoms with Gasteiger partial charge in [0, 0.05) is 11.6 Å². The summed E-state index contributed by atoms with van der Waals surface area (Å²) in [5, 5.41) is 4.14. The number of carbonyl (C=O) groups excluding carboxylic acids is 1. The van der Waals surface area contributed by atoms with Crippen LogP contribution < -0.4 is 5.32 Å². The average Bonchev–Trinajstić information content (AvgIpc) is 2.55. The summed E-state index contributed by atoms with van der Waals surface area (Å²) in [6, 6.07) is 18.0. The molecular weight excluding hydrogens is 284 g/mol. The lowest BCUT2D eigenvalue weighted by molar-refractivity contribution is -0.121. The van der Waals surface area contributed by atoms with Crippen molar-refractivity contribution in [1.82, 2.24) is 10.3 Å². The lowest BCUT2D eigenvalue weighted by Crippen LogP contribution is -2.28. The Labute approximate surface area is 136 Å². The fourth-order valence-electron chi connectivity index (χ4n) is 2.93. The number of hydrogen-bond acceptors (Lipinski definition) is 2. The van der Waals surface area contributed by atoms with E-state index in [1.165, 1.54) is 5.56 Å². The van der Waals surface area contributed by atoms with Gasteiger partial charge in [-0.1, -0.05) is 48.5 Å². The number of nitrogens with one attached hydrogen (secondary N) is 1. The third-order valence-electron chi connectivity index (χ3n) is 4.10. The van der Waals surface area contributed by atoms with Crippen molar-refractivity contribution in [1.29, 1.82) is 0 Å². The van der Waals surface area contributed by atoms with E-state index in [-0.39, 0.29) is 11.9 Å². The molecule has 3 heteroatoms. The number of fused-ring (bicyclic) bond motifs is 1. The van der Waals surface area contributed by atoms with Gasteiger partial charge in [-0.2, -0.15) is 0 Å². The second-order valence-corrected chi connectivity index (χ2v) is 5.81. The number of aromatic nitrogens is 1. The van der Waals surface area contributed by atoms with E-state index in [4.69, 9.17) is 0 Å². The van der Waals surface area contributed by atoms with Crippen LogP contribution in [0.2, 0.25) is 0 Å². The summed E-state index contributed by atoms with van der Waals surface area (Å²) in [6.07, 6.45) is 2.10. The molecule has 0 aliphatic rings. The van der Waals surface area contributed by atoms with Gasteiger partial charge in [0.25, 0.3) is 0 Å². The number of hydrogen-bond donors (Lipinski definition) is 1. The first-order valence-corrected chi connectivity index (χ1v) is 7.82. The number of carbonyl (C=O) groups is 1. The predicted octanol–water partition coefficient (Wildman–Crippen LogP) is 3.96. The fourth-order valence-corrected chi connectivity index (χ4v) is 2.93. The highest BCUT2D eigenvalue weighted by molar-refractivity contribution is 5.87. The molecule has 0 radical (unpaired) electrons. The van der Waals surface area contributed by atoms with E-state index in [1.54, 1.807) is 6.20 Å². The molecule has 1 atom stereocenters. The lowest BCUT2D eigenvalue weighted by Gasteiger charge is -2.17. The highest BCUT2D eigenvalue weighted by Gasteiger charge is 2.13. The minimum atomic E-state index is -0.00774. The Morgan fingerprint density at radius 3 is 2.70 bits per heavy atom. The number of pyridine rings is 1. The molecule has 116 valence electrons. The van der Waals surface area contributed by atoms with Crippen molar-refractivity contribution in [2.45, 2.75) is 26.3 Å². The molecule has 3 aromatic rings. The monoisotopic (exact) mass is 304 g/mol. The summed E-state index contributed by atoms with van der Waals surface area (Å²) in [6.45, 7) is 4.08. The molecule has 1 heterocycles. The normalized spacial score (nSPS) is 12.1. The zero-order chi connectivity index (χ0) is 16.2. The van der Waals surface area contributed by atoms with Crippen molar-refractivity contribution in [3.8, 4) is 0 Å². The molecule has 3 nitrogen and oxygen atoms in total. The maximum absolute atomic E-state index is 12.4. The second kappa shape index (κ2) is 6.61. The molecule has 0 spiro atoms. The van der Waals surface area contributed by atoms with E-state index in [2.05, 4.69) is 29.4 Å². The van der Waals surface area contributed by atoms with E-state index < -0.39 is 0 Å². The van der Waals surface area contributed by atoms with Crippen LogP contribution in [0.3, 0.4) is 0 Å². The van der Waals surface area contributed by atoms with Gasteiger partial charge in [-0.05, 0) is 36.6 Å². The molecule has 0 aliphatic heterocycles. The van der Waals surface area contributed by atoms with Gasteiger partial charge in [0.1, 0.15) is 0 Å². The Bertz CT molecular complexity index is 836. The van der Waals surface area contributed by atoms with E-state index >= 15 is 0 Å². The van der Waals surface area contributed by atoms with Crippen molar-refractivity contribution < 1.29 is 4.79 Å². The highest BCUT2D eigenvalue weighted by Crippen LogP contribution is 2.19. The number of nitrogens with zero attached hydrogens (tertiary/aromatic N) is 1. The minimum Gasteiger partial charge on any atom is -0.349 e. The molecule has 0 saturated carbocycles. The second-order valence-electron chi connectivity index (χ2n) is 5.81. The molecule has 2 aromatic carbocycles. The third kappa shape index (κ3) is 3.39. The van der Waals surface area contributed by atoms with Gasteiger partial charge < -0.3 is 5.32 Å². The molecule has 0 fully saturated rings. The number of rotatable bonds is 4. The Morgan fingerprint density at radius 2 is 1.87 bits per heavy atom. The van der Waals surface area contributed by atoms with Gasteiger partial charge >= 0.3 is 0 Å². The van der Waals surface area contributed by atoms with Gasteiger partial charge in [-0.15, -0.1) is 0 Å². The number of aryl methyl sites for hydroxylation is 1. The van der Waals surface area contributed by atoms with Crippen LogP contribution >= 0.6 is 0 Å². The molecule has 1 N–H and O–H groups in total. The molecular formula is C20H20N2O. The number of amides is 1. The third-order valence-corrected chi connectivity index (χ3v) is 4.10. The zero-order valence-corrected chi connectivity index (χ0v) is 13.4. The summed E-state index contributed by atoms with van der Waals surface area (Å²) in [7, 11) is 0. The first kappa shape index (κ1) is 15.2. The van der Waals surface area contributed by atoms with Crippen LogP contribution in [0.1, 0.15) is 29.7 Å². The van der Waals surface area contributed by atoms with Crippen molar-refractivity contribution in [2.75, 3.05) is 0 Å². The van der Waals surface area contributed by atoms with Crippen molar-refractivity contribution in [2.24, 2.45) is 0 Å². The van der Waals surface area contributed by atoms with Gasteiger partial charge in [0.15, 0.2) is 0 Å². The summed E-state index contributed by atoms with van der Waals surface area (Å²) < 4.78 is 0. The van der Waals surface area contributed by atoms with Crippen molar-refractivity contribution in [3.05, 3.63) is 77.5 Å². The Hall–Kier alpha value is -2.68. The van der Waals surface area contributed by atoms with Gasteiger partial charge in [0.2, 0.25) is 5.91 Å². The van der Waals surface area contributed by atoms with Gasteiger partial charge in [0.05, 0.1) is 18.0 Å². The Morgan fingerprint density at radius 1 is 1.09 bits per heavy atom. The van der Waals surface area contributed by atoms with Crippen LogP contribution in [0.4, 0.5) is 0 Å². The first-order chi connectivity index (χ1) is 11.1. The van der Waals surface area contributed by atoms with Crippen LogP contribution in [-0.4, -0.2) is 10.9 Å². The van der Waals surface area contributed by atoms with Crippen molar-refractivity contribution in [3.63, 3.8) is 0 Å². The average molecular weight is 304 g/mol. The summed E-state index contributed by atoms with van der Waals surface area (Å²) in [5.74, 6) is 0.0129. The standard InChI is InChI=1S/C20H20N2O/c1-14-7-3-4-11-18(14)15(2)22-19(23)13-17-9-5-8-16-10-6-12-21-20(16)17/h3-12,15H,13H2,1-2H3,(H,22,23). The fraction of sp³-hybridized carbons (Fsp3) is 0.200. The number of para-hydroxylation sites is 1. The topological polar surface area (TPSA) is 42.0 Å². The Kier molecular flexibility index (Phi) is 4.38. The highest BCUT2D eigenvalue weighted by atomic mass is 16.1. The molecule has 23 heavy (non-hydrogen) atoms. The van der Waals surface area contributed by atoms with E-state index in [1.807, 2.05) is 49.4 Å². The van der Waals surface area contributed by atoms with Crippen LogP contribution in [0, 0.1) is 6.92 Å². The van der Waals surface area contributed by atoms with Crippen molar-refractivity contribution >= 4 is 16.8 Å². The largest absolute Gasteiger partial charge is 0.349 e. The van der Waals surface area contributed by atoms with Crippen LogP contribution in [0.25, 0.3) is 10.9 Å². The smallest absolute Gasteiger partial charge is 0.224 e. The van der Waals surface area contributed by atoms with Gasteiger partial charge in [-0.25, -0.2) is 0 Å². The predicted molar refractivity (Wildman–Crippen MR) is 93.2 cm³/mol. The lowest BCUT2D eigenvalue weighted by atomic mass is 10.0. The van der Waals surface area contributed by atoms with E-state index in [0.29, 0.717) is 6.42 Å². The van der Waals surface area contributed by atoms with E-state index in [9.17, 15) is 4.79 Å². The molecule has 0 bridgehead atoms. The van der Waals surface area contributed by atoms with Crippen LogP contribution in [-0.2, 0) is 11.2 Å². The van der Waals surface area contributed by atoms with Gasteiger partial charge in [-0.3, -0.25) is 9.78 Å². The molecule has 0 saturated heterocycles. The molecule has 1 aromatic heterocycles. The zero-order valence-electron chi connectivity index (χ0n) is 13.4. The Balaban J connectivity index is 1.75. The van der Waals surface area contributed by atoms with Crippen LogP contribution in [0.15, 0.2) is 60.8 Å².